The van der Waals surface area contributed by atoms with Gasteiger partial charge in [-0.3, -0.25) is 9.69 Å². The molecule has 1 aliphatic heterocycles. The van der Waals surface area contributed by atoms with Gasteiger partial charge in [0.05, 0.1) is 5.56 Å². The molecule has 0 spiro atoms. The largest absolute Gasteiger partial charge is 0.444 e. The molecule has 1 atom stereocenters. The monoisotopic (exact) mass is 373 g/mol. The van der Waals surface area contributed by atoms with Crippen LogP contribution in [-0.2, 0) is 15.7 Å². The molecule has 1 unspecified atom stereocenters. The van der Waals surface area contributed by atoms with E-state index >= 15 is 0 Å². The van der Waals surface area contributed by atoms with E-state index in [-0.39, 0.29) is 5.82 Å². The number of nitrogens with one attached hydrogen (secondary N) is 1. The summed E-state index contributed by atoms with van der Waals surface area (Å²) < 4.78 is 43.6. The highest BCUT2D eigenvalue weighted by Gasteiger charge is 2.35. The maximum atomic E-state index is 12.8. The van der Waals surface area contributed by atoms with E-state index in [0.29, 0.717) is 13.0 Å². The van der Waals surface area contributed by atoms with Crippen LogP contribution in [0.3, 0.4) is 0 Å². The summed E-state index contributed by atoms with van der Waals surface area (Å²) in [6.07, 6.45) is -2.31. The quantitative estimate of drug-likeness (QED) is 0.855. The number of aromatic nitrogens is 1. The van der Waals surface area contributed by atoms with E-state index < -0.39 is 35.4 Å². The number of anilines is 1. The fraction of sp³-hybridized carbons (Fsp3) is 0.588. The topological polar surface area (TPSA) is 71.5 Å². The number of ether oxygens (including phenoxy) is 1. The molecule has 0 bridgehead atoms. The predicted molar refractivity (Wildman–Crippen MR) is 88.4 cm³/mol. The summed E-state index contributed by atoms with van der Waals surface area (Å²) >= 11 is 0. The summed E-state index contributed by atoms with van der Waals surface area (Å²) in [5.41, 5.74) is -1.62. The van der Waals surface area contributed by atoms with Crippen LogP contribution in [0.1, 0.15) is 45.6 Å². The average molecular weight is 373 g/mol. The van der Waals surface area contributed by atoms with E-state index in [0.717, 1.165) is 31.2 Å². The Balaban J connectivity index is 2.12. The van der Waals surface area contributed by atoms with E-state index in [2.05, 4.69) is 10.3 Å². The highest BCUT2D eigenvalue weighted by atomic mass is 19.4. The van der Waals surface area contributed by atoms with Crippen LogP contribution in [0.5, 0.6) is 0 Å². The van der Waals surface area contributed by atoms with Crippen LogP contribution in [0.25, 0.3) is 0 Å². The highest BCUT2D eigenvalue weighted by Crippen LogP contribution is 2.30. The average Bonchev–Trinajstić information content (AvgIpc) is 2.52. The molecule has 1 aromatic rings. The molecule has 26 heavy (non-hydrogen) atoms. The van der Waals surface area contributed by atoms with Gasteiger partial charge < -0.3 is 10.1 Å². The fourth-order valence-corrected chi connectivity index (χ4v) is 2.63. The molecule has 144 valence electrons. The van der Waals surface area contributed by atoms with Crippen LogP contribution < -0.4 is 5.32 Å². The number of hydrogen-bond acceptors (Lipinski definition) is 4. The van der Waals surface area contributed by atoms with Crippen molar-refractivity contribution in [2.45, 2.75) is 57.9 Å². The molecule has 1 aromatic heterocycles. The van der Waals surface area contributed by atoms with Crippen molar-refractivity contribution >= 4 is 17.8 Å². The first-order chi connectivity index (χ1) is 12.0. The molecule has 9 heteroatoms. The minimum absolute atomic E-state index is 0.209. The number of nitrogens with zero attached hydrogens (tertiary/aromatic N) is 2. The summed E-state index contributed by atoms with van der Waals surface area (Å²) in [4.78, 5) is 29.9. The number of hydrogen-bond donors (Lipinski definition) is 1. The molecule has 1 fully saturated rings. The van der Waals surface area contributed by atoms with Gasteiger partial charge in [0.1, 0.15) is 17.5 Å². The molecule has 0 saturated carbocycles. The van der Waals surface area contributed by atoms with Gasteiger partial charge in [0.15, 0.2) is 0 Å². The molecule has 1 saturated heterocycles. The van der Waals surface area contributed by atoms with Gasteiger partial charge in [-0.2, -0.15) is 13.2 Å². The lowest BCUT2D eigenvalue weighted by Gasteiger charge is -2.35. The Morgan fingerprint density at radius 1 is 1.27 bits per heavy atom. The van der Waals surface area contributed by atoms with Gasteiger partial charge in [0.25, 0.3) is 0 Å². The summed E-state index contributed by atoms with van der Waals surface area (Å²) in [6.45, 7) is 5.51. The Bertz CT molecular complexity index is 671. The maximum absolute atomic E-state index is 12.8. The van der Waals surface area contributed by atoms with Crippen molar-refractivity contribution in [3.8, 4) is 0 Å². The lowest BCUT2D eigenvalue weighted by Crippen LogP contribution is -2.51. The lowest BCUT2D eigenvalue weighted by atomic mass is 10.0. The number of likely N-dealkylation sites (tertiary alicyclic amines) is 1. The Labute approximate surface area is 149 Å². The number of rotatable bonds is 2. The summed E-state index contributed by atoms with van der Waals surface area (Å²) in [7, 11) is 0. The molecule has 2 heterocycles. The summed E-state index contributed by atoms with van der Waals surface area (Å²) in [5.74, 6) is -0.790. The number of piperidine rings is 1. The van der Waals surface area contributed by atoms with E-state index in [1.807, 2.05) is 0 Å². The van der Waals surface area contributed by atoms with Crippen molar-refractivity contribution < 1.29 is 27.5 Å². The molecular formula is C17H22F3N3O3. The van der Waals surface area contributed by atoms with Crippen LogP contribution in [0.2, 0.25) is 0 Å². The second kappa shape index (κ2) is 7.51. The molecule has 1 N–H and O–H groups in total. The zero-order valence-corrected chi connectivity index (χ0v) is 14.9. The molecule has 0 aliphatic carbocycles. The van der Waals surface area contributed by atoms with Gasteiger partial charge in [-0.25, -0.2) is 9.78 Å². The second-order valence-corrected chi connectivity index (χ2v) is 7.10. The number of carbonyl (C=O) groups excluding carboxylic acids is 2. The second-order valence-electron chi connectivity index (χ2n) is 7.10. The third-order valence-corrected chi connectivity index (χ3v) is 3.77. The Kier molecular flexibility index (Phi) is 5.77. The summed E-state index contributed by atoms with van der Waals surface area (Å²) in [5, 5.41) is 2.37. The van der Waals surface area contributed by atoms with Crippen molar-refractivity contribution in [2.24, 2.45) is 0 Å². The molecule has 1 aliphatic rings. The van der Waals surface area contributed by atoms with Gasteiger partial charge in [0.2, 0.25) is 5.91 Å². The van der Waals surface area contributed by atoms with E-state index in [4.69, 9.17) is 4.74 Å². The molecule has 2 rings (SSSR count). The van der Waals surface area contributed by atoms with E-state index in [9.17, 15) is 22.8 Å². The minimum atomic E-state index is -4.53. The summed E-state index contributed by atoms with van der Waals surface area (Å²) in [6, 6.07) is 0.775. The molecule has 0 aromatic carbocycles. The van der Waals surface area contributed by atoms with Gasteiger partial charge in [-0.1, -0.05) is 0 Å². The van der Waals surface area contributed by atoms with Gasteiger partial charge in [-0.05, 0) is 52.2 Å². The first-order valence-electron chi connectivity index (χ1n) is 8.31. The number of alkyl halides is 3. The van der Waals surface area contributed by atoms with Crippen molar-refractivity contribution in [2.75, 3.05) is 11.9 Å². The van der Waals surface area contributed by atoms with Crippen molar-refractivity contribution in [1.82, 2.24) is 9.88 Å². The van der Waals surface area contributed by atoms with Crippen LogP contribution in [0.15, 0.2) is 18.3 Å². The van der Waals surface area contributed by atoms with Crippen molar-refractivity contribution in [3.05, 3.63) is 23.9 Å². The number of halogens is 3. The third-order valence-electron chi connectivity index (χ3n) is 3.77. The molecule has 6 nitrogen and oxygen atoms in total. The third kappa shape index (κ3) is 5.34. The zero-order chi connectivity index (χ0) is 19.5. The fourth-order valence-electron chi connectivity index (χ4n) is 2.63. The number of carbonyl (C=O) groups is 2. The van der Waals surface area contributed by atoms with E-state index in [1.54, 1.807) is 20.8 Å². The van der Waals surface area contributed by atoms with Gasteiger partial charge >= 0.3 is 12.3 Å². The standard InChI is InChI=1S/C17H22F3N3O3/c1-16(2,3)26-15(25)23-9-5-4-6-12(23)14(24)22-13-10-11(7-8-21-13)17(18,19)20/h7-8,10,12H,4-6,9H2,1-3H3,(H,21,22,24). The molecule has 0 radical (unpaired) electrons. The molecule has 2 amide bonds. The highest BCUT2D eigenvalue weighted by molar-refractivity contribution is 5.96. The number of pyridine rings is 1. The van der Waals surface area contributed by atoms with Gasteiger partial charge in [0, 0.05) is 12.7 Å². The smallest absolute Gasteiger partial charge is 0.416 e. The van der Waals surface area contributed by atoms with Crippen LogP contribution in [0, 0.1) is 0 Å². The Morgan fingerprint density at radius 2 is 1.96 bits per heavy atom. The van der Waals surface area contributed by atoms with Crippen LogP contribution in [-0.4, -0.2) is 40.1 Å². The normalized spacial score (nSPS) is 18.4. The van der Waals surface area contributed by atoms with Crippen molar-refractivity contribution in [1.29, 1.82) is 0 Å². The zero-order valence-electron chi connectivity index (χ0n) is 14.9. The lowest BCUT2D eigenvalue weighted by molar-refractivity contribution is -0.137. The maximum Gasteiger partial charge on any atom is 0.416 e. The van der Waals surface area contributed by atoms with Crippen LogP contribution >= 0.6 is 0 Å². The minimum Gasteiger partial charge on any atom is -0.444 e. The first-order valence-corrected chi connectivity index (χ1v) is 8.31. The molecular weight excluding hydrogens is 351 g/mol. The SMILES string of the molecule is CC(C)(C)OC(=O)N1CCCCC1C(=O)Nc1cc(C(F)(F)F)ccn1. The van der Waals surface area contributed by atoms with Crippen LogP contribution in [0.4, 0.5) is 23.8 Å². The van der Waals surface area contributed by atoms with Crippen molar-refractivity contribution in [3.63, 3.8) is 0 Å². The first kappa shape index (κ1) is 20.0. The Morgan fingerprint density at radius 3 is 2.58 bits per heavy atom. The Hall–Kier alpha value is -2.32. The predicted octanol–water partition coefficient (Wildman–Crippen LogP) is 3.83. The number of amides is 2. The van der Waals surface area contributed by atoms with E-state index in [1.165, 1.54) is 4.90 Å². The van der Waals surface area contributed by atoms with Gasteiger partial charge in [-0.15, -0.1) is 0 Å².